The first kappa shape index (κ1) is 16.5. The molecular weight excluding hydrogens is 307 g/mol. The highest BCUT2D eigenvalue weighted by Crippen LogP contribution is 2.31. The van der Waals surface area contributed by atoms with Crippen molar-refractivity contribution >= 4 is 17.8 Å². The van der Waals surface area contributed by atoms with Crippen molar-refractivity contribution in [3.05, 3.63) is 53.5 Å². The van der Waals surface area contributed by atoms with E-state index in [2.05, 4.69) is 4.98 Å². The van der Waals surface area contributed by atoms with Crippen LogP contribution in [0.5, 0.6) is 5.75 Å². The predicted molar refractivity (Wildman–Crippen MR) is 84.0 cm³/mol. The fraction of sp³-hybridized carbons (Fsp3) is 0.312. The molecule has 118 valence electrons. The number of aromatic nitrogens is 2. The smallest absolute Gasteiger partial charge is 0.150 e. The van der Waals surface area contributed by atoms with Gasteiger partial charge in [0.25, 0.3) is 0 Å². The van der Waals surface area contributed by atoms with Crippen LogP contribution in [-0.2, 0) is 0 Å². The van der Waals surface area contributed by atoms with E-state index in [1.165, 1.54) is 12.1 Å². The summed E-state index contributed by atoms with van der Waals surface area (Å²) in [6.07, 6.45) is 5.64. The molecule has 0 saturated heterocycles. The Morgan fingerprint density at radius 1 is 1.45 bits per heavy atom. The van der Waals surface area contributed by atoms with Crippen molar-refractivity contribution in [3.8, 4) is 5.75 Å². The monoisotopic (exact) mass is 324 g/mol. The standard InChI is InChI=1S/C16H18ClFN2O2/c1-16(2,3)15(21)14(9-20-7-6-19-10-20)22-13-5-4-11(18)8-12(13)17/h4-10,15,21H,1-3H3. The van der Waals surface area contributed by atoms with Gasteiger partial charge in [-0.15, -0.1) is 0 Å². The lowest BCUT2D eigenvalue weighted by Gasteiger charge is -2.28. The summed E-state index contributed by atoms with van der Waals surface area (Å²) in [6, 6.07) is 3.84. The Balaban J connectivity index is 2.36. The molecule has 6 heteroatoms. The van der Waals surface area contributed by atoms with Crippen molar-refractivity contribution in [2.24, 2.45) is 5.41 Å². The van der Waals surface area contributed by atoms with E-state index >= 15 is 0 Å². The molecule has 1 aromatic carbocycles. The molecular formula is C16H18ClFN2O2. The second kappa shape index (κ2) is 6.50. The summed E-state index contributed by atoms with van der Waals surface area (Å²) >= 11 is 5.98. The summed E-state index contributed by atoms with van der Waals surface area (Å²) < 4.78 is 20.5. The minimum Gasteiger partial charge on any atom is -0.456 e. The zero-order valence-corrected chi connectivity index (χ0v) is 13.4. The van der Waals surface area contributed by atoms with Gasteiger partial charge >= 0.3 is 0 Å². The first-order chi connectivity index (χ1) is 10.3. The number of ether oxygens (including phenoxy) is 1. The molecule has 0 bridgehead atoms. The minimum atomic E-state index is -0.879. The zero-order valence-electron chi connectivity index (χ0n) is 12.6. The Bertz CT molecular complexity index is 663. The molecule has 22 heavy (non-hydrogen) atoms. The van der Waals surface area contributed by atoms with Crippen LogP contribution in [0.25, 0.3) is 6.20 Å². The van der Waals surface area contributed by atoms with Gasteiger partial charge in [-0.25, -0.2) is 9.37 Å². The van der Waals surface area contributed by atoms with Crippen molar-refractivity contribution in [2.75, 3.05) is 0 Å². The number of aliphatic hydroxyl groups excluding tert-OH is 1. The van der Waals surface area contributed by atoms with Crippen LogP contribution in [0.4, 0.5) is 4.39 Å². The SMILES string of the molecule is CC(C)(C)C(O)C(=Cn1ccnc1)Oc1ccc(F)cc1Cl. The molecule has 1 heterocycles. The molecule has 4 nitrogen and oxygen atoms in total. The lowest BCUT2D eigenvalue weighted by molar-refractivity contribution is 0.0637. The van der Waals surface area contributed by atoms with E-state index in [1.54, 1.807) is 29.5 Å². The van der Waals surface area contributed by atoms with Gasteiger partial charge in [-0.05, 0) is 23.6 Å². The van der Waals surface area contributed by atoms with Crippen LogP contribution in [0.1, 0.15) is 20.8 Å². The van der Waals surface area contributed by atoms with E-state index < -0.39 is 17.3 Å². The summed E-state index contributed by atoms with van der Waals surface area (Å²) in [5.74, 6) is 0.116. The highest BCUT2D eigenvalue weighted by molar-refractivity contribution is 6.32. The highest BCUT2D eigenvalue weighted by Gasteiger charge is 2.28. The van der Waals surface area contributed by atoms with Crippen LogP contribution in [0.15, 0.2) is 42.7 Å². The molecule has 0 fully saturated rings. The lowest BCUT2D eigenvalue weighted by Crippen LogP contribution is -2.30. The number of hydrogen-bond donors (Lipinski definition) is 1. The number of nitrogens with zero attached hydrogens (tertiary/aromatic N) is 2. The van der Waals surface area contributed by atoms with E-state index in [0.717, 1.165) is 6.07 Å². The lowest BCUT2D eigenvalue weighted by atomic mass is 9.88. The molecule has 0 aliphatic rings. The van der Waals surface area contributed by atoms with Gasteiger partial charge in [0, 0.05) is 12.4 Å². The normalized spacial score (nSPS) is 14.0. The van der Waals surface area contributed by atoms with Crippen LogP contribution in [0.3, 0.4) is 0 Å². The second-order valence-corrected chi connectivity index (χ2v) is 6.39. The molecule has 0 spiro atoms. The number of imidazole rings is 1. The van der Waals surface area contributed by atoms with Crippen molar-refractivity contribution in [2.45, 2.75) is 26.9 Å². The van der Waals surface area contributed by atoms with E-state index in [9.17, 15) is 9.50 Å². The van der Waals surface area contributed by atoms with Gasteiger partial charge in [0.2, 0.25) is 0 Å². The Morgan fingerprint density at radius 3 is 2.73 bits per heavy atom. The van der Waals surface area contributed by atoms with Crippen molar-refractivity contribution < 1.29 is 14.2 Å². The minimum absolute atomic E-state index is 0.137. The topological polar surface area (TPSA) is 47.3 Å². The molecule has 0 aliphatic heterocycles. The number of halogens is 2. The Morgan fingerprint density at radius 2 is 2.18 bits per heavy atom. The van der Waals surface area contributed by atoms with Gasteiger partial charge in [0.15, 0.2) is 0 Å². The van der Waals surface area contributed by atoms with E-state index in [1.807, 2.05) is 20.8 Å². The summed E-state index contributed by atoms with van der Waals surface area (Å²) in [5.41, 5.74) is -0.446. The molecule has 2 aromatic rings. The van der Waals surface area contributed by atoms with Crippen LogP contribution in [-0.4, -0.2) is 20.8 Å². The third-order valence-electron chi connectivity index (χ3n) is 3.01. The Hall–Kier alpha value is -1.85. The van der Waals surface area contributed by atoms with Crippen LogP contribution in [0.2, 0.25) is 5.02 Å². The first-order valence-corrected chi connectivity index (χ1v) is 7.15. The third-order valence-corrected chi connectivity index (χ3v) is 3.31. The Labute approximate surface area is 133 Å². The van der Waals surface area contributed by atoms with Crippen molar-refractivity contribution in [1.82, 2.24) is 9.55 Å². The summed E-state index contributed by atoms with van der Waals surface area (Å²) in [5, 5.41) is 10.6. The average molecular weight is 325 g/mol. The molecule has 1 aromatic heterocycles. The Kier molecular flexibility index (Phi) is 4.88. The maximum absolute atomic E-state index is 13.1. The van der Waals surface area contributed by atoms with E-state index in [-0.39, 0.29) is 10.8 Å². The first-order valence-electron chi connectivity index (χ1n) is 6.77. The third kappa shape index (κ3) is 4.08. The van der Waals surface area contributed by atoms with Crippen molar-refractivity contribution in [1.29, 1.82) is 0 Å². The predicted octanol–water partition coefficient (Wildman–Crippen LogP) is 3.96. The summed E-state index contributed by atoms with van der Waals surface area (Å²) in [4.78, 5) is 3.94. The molecule has 1 atom stereocenters. The largest absolute Gasteiger partial charge is 0.456 e. The molecule has 1 unspecified atom stereocenters. The average Bonchev–Trinajstić information content (AvgIpc) is 2.92. The van der Waals surface area contributed by atoms with Gasteiger partial charge in [0.1, 0.15) is 23.4 Å². The maximum Gasteiger partial charge on any atom is 0.150 e. The number of rotatable bonds is 4. The van der Waals surface area contributed by atoms with Gasteiger partial charge in [-0.1, -0.05) is 32.4 Å². The second-order valence-electron chi connectivity index (χ2n) is 5.99. The van der Waals surface area contributed by atoms with Gasteiger partial charge in [-0.2, -0.15) is 0 Å². The van der Waals surface area contributed by atoms with Crippen LogP contribution < -0.4 is 4.74 Å². The van der Waals surface area contributed by atoms with Gasteiger partial charge in [0.05, 0.1) is 17.5 Å². The van der Waals surface area contributed by atoms with E-state index in [4.69, 9.17) is 16.3 Å². The van der Waals surface area contributed by atoms with Gasteiger partial charge < -0.3 is 14.4 Å². The highest BCUT2D eigenvalue weighted by atomic mass is 35.5. The maximum atomic E-state index is 13.1. The summed E-state index contributed by atoms with van der Waals surface area (Å²) in [6.45, 7) is 5.65. The fourth-order valence-electron chi connectivity index (χ4n) is 1.76. The molecule has 0 saturated carbocycles. The van der Waals surface area contributed by atoms with E-state index in [0.29, 0.717) is 5.76 Å². The molecule has 0 amide bonds. The quantitative estimate of drug-likeness (QED) is 0.866. The molecule has 0 radical (unpaired) electrons. The fourth-order valence-corrected chi connectivity index (χ4v) is 1.96. The number of aliphatic hydroxyl groups is 1. The molecule has 1 N–H and O–H groups in total. The molecule has 2 rings (SSSR count). The van der Waals surface area contributed by atoms with Crippen molar-refractivity contribution in [3.63, 3.8) is 0 Å². The molecule has 0 aliphatic carbocycles. The number of hydrogen-bond acceptors (Lipinski definition) is 3. The zero-order chi connectivity index (χ0) is 16.3. The van der Waals surface area contributed by atoms with Crippen LogP contribution in [0, 0.1) is 11.2 Å². The van der Waals surface area contributed by atoms with Crippen LogP contribution >= 0.6 is 11.6 Å². The summed E-state index contributed by atoms with van der Waals surface area (Å²) in [7, 11) is 0. The van der Waals surface area contributed by atoms with Gasteiger partial charge in [-0.3, -0.25) is 0 Å². The number of benzene rings is 1.